The molecule has 0 aromatic carbocycles. The van der Waals surface area contributed by atoms with E-state index in [9.17, 15) is 0 Å². The van der Waals surface area contributed by atoms with Gasteiger partial charge in [-0.1, -0.05) is 20.3 Å². The molecule has 0 spiro atoms. The number of likely N-dealkylation sites (tertiary alicyclic amines) is 1. The lowest BCUT2D eigenvalue weighted by Gasteiger charge is -2.41. The lowest BCUT2D eigenvalue weighted by Crippen LogP contribution is -2.49. The zero-order valence-electron chi connectivity index (χ0n) is 14.4. The van der Waals surface area contributed by atoms with Crippen LogP contribution < -0.4 is 5.32 Å². The van der Waals surface area contributed by atoms with E-state index in [0.29, 0.717) is 6.10 Å². The highest BCUT2D eigenvalue weighted by molar-refractivity contribution is 4.87. The summed E-state index contributed by atoms with van der Waals surface area (Å²) in [5.74, 6) is 1.79. The fourth-order valence-electron chi connectivity index (χ4n) is 4.24. The molecule has 1 aliphatic carbocycles. The van der Waals surface area contributed by atoms with Crippen LogP contribution in [0.1, 0.15) is 58.8 Å². The summed E-state index contributed by atoms with van der Waals surface area (Å²) in [5, 5.41) is 3.82. The molecule has 1 aliphatic heterocycles. The molecule has 2 rings (SSSR count). The molecule has 3 nitrogen and oxygen atoms in total. The normalized spacial score (nSPS) is 35.0. The number of hydrogen-bond acceptors (Lipinski definition) is 3. The molecular weight excluding hydrogens is 260 g/mol. The first kappa shape index (κ1) is 17.2. The highest BCUT2D eigenvalue weighted by Crippen LogP contribution is 2.32. The summed E-state index contributed by atoms with van der Waals surface area (Å²) in [4.78, 5) is 2.67. The Morgan fingerprint density at radius 3 is 2.76 bits per heavy atom. The number of methoxy groups -OCH3 is 1. The predicted molar refractivity (Wildman–Crippen MR) is 89.7 cm³/mol. The average Bonchev–Trinajstić information content (AvgIpc) is 2.53. The Morgan fingerprint density at radius 1 is 1.19 bits per heavy atom. The van der Waals surface area contributed by atoms with Gasteiger partial charge in [-0.25, -0.2) is 0 Å². The van der Waals surface area contributed by atoms with E-state index in [2.05, 4.69) is 24.1 Å². The van der Waals surface area contributed by atoms with Crippen LogP contribution in [-0.2, 0) is 4.74 Å². The lowest BCUT2D eigenvalue weighted by molar-refractivity contribution is 0.0184. The molecule has 0 aromatic heterocycles. The van der Waals surface area contributed by atoms with Crippen molar-refractivity contribution in [3.05, 3.63) is 0 Å². The molecule has 1 N–H and O–H groups in total. The minimum absolute atomic E-state index is 0.464. The maximum atomic E-state index is 5.59. The van der Waals surface area contributed by atoms with Gasteiger partial charge >= 0.3 is 0 Å². The van der Waals surface area contributed by atoms with Gasteiger partial charge in [0.25, 0.3) is 0 Å². The van der Waals surface area contributed by atoms with E-state index in [1.54, 1.807) is 0 Å². The first-order valence-corrected chi connectivity index (χ1v) is 9.25. The number of rotatable bonds is 7. The standard InChI is InChI=1S/C18H36N2O/c1-4-10-19-18-9-8-15(5-2)12-16(18)13-20-11-6-7-17(14-20)21-3/h15-19H,4-14H2,1-3H3. The van der Waals surface area contributed by atoms with E-state index in [-0.39, 0.29) is 0 Å². The van der Waals surface area contributed by atoms with Crippen LogP contribution in [0.2, 0.25) is 0 Å². The van der Waals surface area contributed by atoms with Gasteiger partial charge in [0.2, 0.25) is 0 Å². The van der Waals surface area contributed by atoms with E-state index in [4.69, 9.17) is 4.74 Å². The predicted octanol–water partition coefficient (Wildman–Crippen LogP) is 3.29. The molecule has 1 saturated carbocycles. The molecule has 0 bridgehead atoms. The van der Waals surface area contributed by atoms with Crippen LogP contribution in [0.25, 0.3) is 0 Å². The largest absolute Gasteiger partial charge is 0.380 e. The molecule has 4 atom stereocenters. The van der Waals surface area contributed by atoms with Gasteiger partial charge in [-0.3, -0.25) is 0 Å². The lowest BCUT2D eigenvalue weighted by atomic mass is 9.76. The molecule has 2 fully saturated rings. The van der Waals surface area contributed by atoms with Gasteiger partial charge in [0.1, 0.15) is 0 Å². The smallest absolute Gasteiger partial charge is 0.0698 e. The van der Waals surface area contributed by atoms with Gasteiger partial charge in [-0.15, -0.1) is 0 Å². The number of hydrogen-bond donors (Lipinski definition) is 1. The van der Waals surface area contributed by atoms with Gasteiger partial charge in [-0.2, -0.15) is 0 Å². The zero-order valence-corrected chi connectivity index (χ0v) is 14.4. The molecule has 1 saturated heterocycles. The summed E-state index contributed by atoms with van der Waals surface area (Å²) in [6, 6.07) is 0.746. The van der Waals surface area contributed by atoms with Gasteiger partial charge in [0.05, 0.1) is 6.10 Å². The van der Waals surface area contributed by atoms with Crippen LogP contribution >= 0.6 is 0 Å². The summed E-state index contributed by atoms with van der Waals surface area (Å²) in [5.41, 5.74) is 0. The van der Waals surface area contributed by atoms with Crippen LogP contribution in [0.3, 0.4) is 0 Å². The Hall–Kier alpha value is -0.120. The molecule has 124 valence electrons. The molecule has 3 heteroatoms. The topological polar surface area (TPSA) is 24.5 Å². The van der Waals surface area contributed by atoms with Gasteiger partial charge in [0, 0.05) is 26.2 Å². The Morgan fingerprint density at radius 2 is 2.05 bits per heavy atom. The van der Waals surface area contributed by atoms with Crippen molar-refractivity contribution in [2.24, 2.45) is 11.8 Å². The Labute approximate surface area is 131 Å². The van der Waals surface area contributed by atoms with Crippen molar-refractivity contribution < 1.29 is 4.74 Å². The minimum atomic E-state index is 0.464. The second-order valence-electron chi connectivity index (χ2n) is 7.17. The first-order chi connectivity index (χ1) is 10.3. The maximum absolute atomic E-state index is 5.59. The quantitative estimate of drug-likeness (QED) is 0.780. The third kappa shape index (κ3) is 5.22. The van der Waals surface area contributed by atoms with E-state index in [1.165, 1.54) is 64.6 Å². The van der Waals surface area contributed by atoms with Crippen LogP contribution in [-0.4, -0.2) is 50.3 Å². The molecule has 0 amide bonds. The van der Waals surface area contributed by atoms with Crippen LogP contribution in [0, 0.1) is 11.8 Å². The molecule has 0 radical (unpaired) electrons. The van der Waals surface area contributed by atoms with Crippen molar-refractivity contribution in [1.29, 1.82) is 0 Å². The fraction of sp³-hybridized carbons (Fsp3) is 1.00. The zero-order chi connectivity index (χ0) is 15.1. The maximum Gasteiger partial charge on any atom is 0.0698 e. The van der Waals surface area contributed by atoms with E-state index >= 15 is 0 Å². The Balaban J connectivity index is 1.88. The second kappa shape index (κ2) is 9.12. The van der Waals surface area contributed by atoms with Crippen molar-refractivity contribution >= 4 is 0 Å². The molecule has 1 heterocycles. The third-order valence-electron chi connectivity index (χ3n) is 5.61. The summed E-state index contributed by atoms with van der Waals surface area (Å²) in [6.07, 6.45) is 9.84. The van der Waals surface area contributed by atoms with E-state index < -0.39 is 0 Å². The number of piperidine rings is 1. The summed E-state index contributed by atoms with van der Waals surface area (Å²) < 4.78 is 5.59. The SMILES string of the molecule is CCCNC1CCC(CC)CC1CN1CCCC(OC)C1. The van der Waals surface area contributed by atoms with Crippen molar-refractivity contribution in [3.8, 4) is 0 Å². The number of nitrogens with zero attached hydrogens (tertiary/aromatic N) is 1. The summed E-state index contributed by atoms with van der Waals surface area (Å²) in [6.45, 7) is 9.51. The van der Waals surface area contributed by atoms with E-state index in [0.717, 1.165) is 24.4 Å². The van der Waals surface area contributed by atoms with Gasteiger partial charge < -0.3 is 15.0 Å². The Bertz CT molecular complexity index is 284. The molecule has 0 aromatic rings. The van der Waals surface area contributed by atoms with Crippen LogP contribution in [0.15, 0.2) is 0 Å². The summed E-state index contributed by atoms with van der Waals surface area (Å²) >= 11 is 0. The number of ether oxygens (including phenoxy) is 1. The van der Waals surface area contributed by atoms with Crippen molar-refractivity contribution in [2.75, 3.05) is 33.3 Å². The number of nitrogens with one attached hydrogen (secondary N) is 1. The third-order valence-corrected chi connectivity index (χ3v) is 5.61. The van der Waals surface area contributed by atoms with Crippen molar-refractivity contribution in [1.82, 2.24) is 10.2 Å². The minimum Gasteiger partial charge on any atom is -0.380 e. The fourth-order valence-corrected chi connectivity index (χ4v) is 4.24. The highest BCUT2D eigenvalue weighted by Gasteiger charge is 2.31. The van der Waals surface area contributed by atoms with Crippen molar-refractivity contribution in [3.63, 3.8) is 0 Å². The second-order valence-corrected chi connectivity index (χ2v) is 7.17. The van der Waals surface area contributed by atoms with Crippen LogP contribution in [0.5, 0.6) is 0 Å². The molecule has 4 unspecified atom stereocenters. The van der Waals surface area contributed by atoms with Crippen molar-refractivity contribution in [2.45, 2.75) is 70.9 Å². The molecule has 2 aliphatic rings. The highest BCUT2D eigenvalue weighted by atomic mass is 16.5. The molecule has 21 heavy (non-hydrogen) atoms. The first-order valence-electron chi connectivity index (χ1n) is 9.25. The Kier molecular flexibility index (Phi) is 7.48. The van der Waals surface area contributed by atoms with Gasteiger partial charge in [0.15, 0.2) is 0 Å². The molecular formula is C18H36N2O. The average molecular weight is 296 g/mol. The van der Waals surface area contributed by atoms with E-state index in [1.807, 2.05) is 7.11 Å². The van der Waals surface area contributed by atoms with Crippen LogP contribution in [0.4, 0.5) is 0 Å². The monoisotopic (exact) mass is 296 g/mol. The summed E-state index contributed by atoms with van der Waals surface area (Å²) in [7, 11) is 1.87. The van der Waals surface area contributed by atoms with Gasteiger partial charge in [-0.05, 0) is 63.5 Å².